The van der Waals surface area contributed by atoms with Crippen LogP contribution in [0.4, 0.5) is 0 Å². The number of carbonyl (C=O) groups is 2. The molecular weight excluding hydrogens is 607 g/mol. The molecule has 4 rings (SSSR count). The van der Waals surface area contributed by atoms with Crippen molar-refractivity contribution >= 4 is 51.9 Å². The maximum absolute atomic E-state index is 13.8. The summed E-state index contributed by atoms with van der Waals surface area (Å²) in [5.41, 5.74) is 2.16. The van der Waals surface area contributed by atoms with Gasteiger partial charge in [-0.25, -0.2) is 9.79 Å². The number of fused-ring (bicyclic) bond motifs is 1. The van der Waals surface area contributed by atoms with E-state index in [2.05, 4.69) is 27.6 Å². The van der Waals surface area contributed by atoms with Crippen molar-refractivity contribution in [1.29, 1.82) is 0 Å². The Morgan fingerprint density at radius 1 is 1.19 bits per heavy atom. The molecule has 0 saturated heterocycles. The van der Waals surface area contributed by atoms with Gasteiger partial charge in [0.25, 0.3) is 5.56 Å². The number of halogens is 1. The quantitative estimate of drug-likeness (QED) is 0.224. The van der Waals surface area contributed by atoms with Crippen molar-refractivity contribution in [3.8, 4) is 11.5 Å². The Labute approximate surface area is 231 Å². The predicted molar refractivity (Wildman–Crippen MR) is 148 cm³/mol. The molecule has 0 radical (unpaired) electrons. The summed E-state index contributed by atoms with van der Waals surface area (Å²) in [7, 11) is 1.33. The molecule has 0 spiro atoms. The van der Waals surface area contributed by atoms with Gasteiger partial charge in [-0.15, -0.1) is 0 Å². The molecule has 0 unspecified atom stereocenters. The van der Waals surface area contributed by atoms with Crippen LogP contribution < -0.4 is 24.4 Å². The Bertz CT molecular complexity index is 1570. The lowest BCUT2D eigenvalue weighted by Crippen LogP contribution is -2.40. The van der Waals surface area contributed by atoms with Gasteiger partial charge in [-0.1, -0.05) is 48.6 Å². The number of esters is 2. The Balaban J connectivity index is 1.94. The number of methoxy groups -OCH3 is 1. The highest BCUT2D eigenvalue weighted by Gasteiger charge is 2.33. The van der Waals surface area contributed by atoms with Gasteiger partial charge in [-0.3, -0.25) is 14.2 Å². The zero-order valence-electron chi connectivity index (χ0n) is 20.7. The maximum atomic E-state index is 13.8. The molecule has 1 aromatic heterocycles. The summed E-state index contributed by atoms with van der Waals surface area (Å²) >= 11 is 3.32. The Hall–Kier alpha value is -3.25. The van der Waals surface area contributed by atoms with Crippen molar-refractivity contribution < 1.29 is 23.8 Å². The van der Waals surface area contributed by atoms with Gasteiger partial charge in [0.05, 0.1) is 39.1 Å². The molecule has 1 atom stereocenters. The van der Waals surface area contributed by atoms with E-state index in [4.69, 9.17) is 14.2 Å². The Kier molecular flexibility index (Phi) is 8.28. The lowest BCUT2D eigenvalue weighted by Gasteiger charge is -2.25. The summed E-state index contributed by atoms with van der Waals surface area (Å²) in [4.78, 5) is 43.4. The average molecular weight is 632 g/mol. The van der Waals surface area contributed by atoms with Crippen molar-refractivity contribution in [3.63, 3.8) is 0 Å². The highest BCUT2D eigenvalue weighted by Crippen LogP contribution is 2.35. The Morgan fingerprint density at radius 2 is 1.92 bits per heavy atom. The minimum absolute atomic E-state index is 0.272. The van der Waals surface area contributed by atoms with Gasteiger partial charge in [-0.05, 0) is 65.3 Å². The van der Waals surface area contributed by atoms with E-state index in [1.54, 1.807) is 16.7 Å². The number of nitrogens with zero attached hydrogens (tertiary/aromatic N) is 2. The van der Waals surface area contributed by atoms with Crippen LogP contribution in [0.2, 0.25) is 0 Å². The van der Waals surface area contributed by atoms with Gasteiger partial charge in [0, 0.05) is 6.92 Å². The second-order valence-corrected chi connectivity index (χ2v) is 10.2. The van der Waals surface area contributed by atoms with Gasteiger partial charge < -0.3 is 14.2 Å². The van der Waals surface area contributed by atoms with Crippen LogP contribution in [0.15, 0.2) is 63.5 Å². The fourth-order valence-corrected chi connectivity index (χ4v) is 5.90. The van der Waals surface area contributed by atoms with Crippen LogP contribution in [0.25, 0.3) is 6.08 Å². The van der Waals surface area contributed by atoms with Crippen LogP contribution in [-0.2, 0) is 14.3 Å². The molecule has 3 aromatic rings. The molecule has 0 amide bonds. The number of benzene rings is 2. The molecule has 2 heterocycles. The SMILES string of the molecule is CCOc1cc(/C=c2/sc3n(c2=O)[C@@H](c2ccccc2)C(C(=O)OC)=C(CC)N=3)cc(I)c1OC(C)=O. The molecule has 8 nitrogen and oxygen atoms in total. The van der Waals surface area contributed by atoms with E-state index in [0.717, 1.165) is 5.56 Å². The van der Waals surface area contributed by atoms with Crippen LogP contribution in [0.1, 0.15) is 44.4 Å². The summed E-state index contributed by atoms with van der Waals surface area (Å²) < 4.78 is 18.8. The summed E-state index contributed by atoms with van der Waals surface area (Å²) in [5, 5.41) is 0. The highest BCUT2D eigenvalue weighted by atomic mass is 127. The van der Waals surface area contributed by atoms with Crippen molar-refractivity contribution in [2.45, 2.75) is 33.2 Å². The first kappa shape index (κ1) is 26.8. The molecule has 0 saturated carbocycles. The van der Waals surface area contributed by atoms with E-state index in [9.17, 15) is 14.4 Å². The molecule has 0 bridgehead atoms. The van der Waals surface area contributed by atoms with Gasteiger partial charge in [0.2, 0.25) is 0 Å². The molecule has 1 aliphatic rings. The molecule has 192 valence electrons. The van der Waals surface area contributed by atoms with Crippen molar-refractivity contribution in [3.05, 3.63) is 88.1 Å². The predicted octanol–water partition coefficient (Wildman–Crippen LogP) is 3.73. The van der Waals surface area contributed by atoms with Gasteiger partial charge in [0.15, 0.2) is 16.3 Å². The van der Waals surface area contributed by atoms with Crippen molar-refractivity contribution in [2.75, 3.05) is 13.7 Å². The third kappa shape index (κ3) is 5.40. The second kappa shape index (κ2) is 11.4. The highest BCUT2D eigenvalue weighted by molar-refractivity contribution is 14.1. The maximum Gasteiger partial charge on any atom is 0.338 e. The smallest absolute Gasteiger partial charge is 0.338 e. The van der Waals surface area contributed by atoms with Crippen LogP contribution in [-0.4, -0.2) is 30.2 Å². The normalized spacial score (nSPS) is 15.2. The van der Waals surface area contributed by atoms with Crippen molar-refractivity contribution in [2.24, 2.45) is 4.99 Å². The van der Waals surface area contributed by atoms with E-state index in [1.165, 1.54) is 25.4 Å². The number of ether oxygens (including phenoxy) is 3. The lowest BCUT2D eigenvalue weighted by atomic mass is 9.95. The zero-order chi connectivity index (χ0) is 26.7. The van der Waals surface area contributed by atoms with Crippen LogP contribution in [0.5, 0.6) is 11.5 Å². The first-order valence-electron chi connectivity index (χ1n) is 11.6. The summed E-state index contributed by atoms with van der Waals surface area (Å²) in [6.07, 6.45) is 2.26. The fraction of sp³-hybridized carbons (Fsp3) is 0.259. The molecule has 0 fully saturated rings. The van der Waals surface area contributed by atoms with Crippen molar-refractivity contribution in [1.82, 2.24) is 4.57 Å². The van der Waals surface area contributed by atoms with E-state index >= 15 is 0 Å². The van der Waals surface area contributed by atoms with Crippen LogP contribution in [0, 0.1) is 3.57 Å². The van der Waals surface area contributed by atoms with Gasteiger partial charge in [-0.2, -0.15) is 0 Å². The van der Waals surface area contributed by atoms with Crippen LogP contribution in [0.3, 0.4) is 0 Å². The number of rotatable bonds is 7. The topological polar surface area (TPSA) is 96.2 Å². The molecule has 0 aliphatic carbocycles. The average Bonchev–Trinajstić information content (AvgIpc) is 3.19. The number of allylic oxidation sites excluding steroid dienone is 1. The number of carbonyl (C=O) groups excluding carboxylic acids is 2. The fourth-order valence-electron chi connectivity index (χ4n) is 4.14. The molecule has 0 N–H and O–H groups in total. The minimum Gasteiger partial charge on any atom is -0.490 e. The lowest BCUT2D eigenvalue weighted by molar-refractivity contribution is -0.136. The molecule has 1 aliphatic heterocycles. The van der Waals surface area contributed by atoms with E-state index in [1.807, 2.05) is 50.2 Å². The standard InChI is InChI=1S/C27H25IN2O6S/c1-5-19-22(26(33)34-4)23(17-10-8-7-9-11-17)30-25(32)21(37-27(30)29-19)14-16-12-18(28)24(36-15(3)31)20(13-16)35-6-2/h7-14,23H,5-6H2,1-4H3/b21-14+/t23-/m0/s1. The molecule has 2 aromatic carbocycles. The first-order chi connectivity index (χ1) is 17.8. The second-order valence-electron chi connectivity index (χ2n) is 8.06. The van der Waals surface area contributed by atoms with E-state index in [0.29, 0.717) is 54.3 Å². The third-order valence-corrected chi connectivity index (χ3v) is 7.43. The number of hydrogen-bond acceptors (Lipinski definition) is 8. The number of hydrogen-bond donors (Lipinski definition) is 0. The summed E-state index contributed by atoms with van der Waals surface area (Å²) in [5.74, 6) is -0.213. The third-order valence-electron chi connectivity index (χ3n) is 5.64. The summed E-state index contributed by atoms with van der Waals surface area (Å²) in [6.45, 7) is 5.46. The Morgan fingerprint density at radius 3 is 2.54 bits per heavy atom. The zero-order valence-corrected chi connectivity index (χ0v) is 23.7. The molecule has 37 heavy (non-hydrogen) atoms. The molecular formula is C27H25IN2O6S. The number of thiazole rings is 1. The van der Waals surface area contributed by atoms with E-state index in [-0.39, 0.29) is 5.56 Å². The first-order valence-corrected chi connectivity index (χ1v) is 13.5. The van der Waals surface area contributed by atoms with E-state index < -0.39 is 18.0 Å². The van der Waals surface area contributed by atoms with Gasteiger partial charge >= 0.3 is 11.9 Å². The van der Waals surface area contributed by atoms with Crippen LogP contribution >= 0.6 is 33.9 Å². The largest absolute Gasteiger partial charge is 0.490 e. The number of aromatic nitrogens is 1. The molecule has 10 heteroatoms. The minimum atomic E-state index is -0.660. The van der Waals surface area contributed by atoms with Gasteiger partial charge in [0.1, 0.15) is 0 Å². The summed E-state index contributed by atoms with van der Waals surface area (Å²) in [6, 6.07) is 12.3. The monoisotopic (exact) mass is 632 g/mol.